The molecule has 1 heteroatoms. The molecule has 10 heavy (non-hydrogen) atoms. The van der Waals surface area contributed by atoms with E-state index in [4.69, 9.17) is 0 Å². The number of benzene rings is 1. The summed E-state index contributed by atoms with van der Waals surface area (Å²) in [5, 5.41) is 1.64. The highest BCUT2D eigenvalue weighted by molar-refractivity contribution is 8.07. The molecule has 0 nitrogen and oxygen atoms in total. The quantitative estimate of drug-likeness (QED) is 0.555. The van der Waals surface area contributed by atoms with E-state index in [-0.39, 0.29) is 0 Å². The molecular formula is C9H10S. The maximum atomic E-state index is 2.28. The Morgan fingerprint density at radius 2 is 1.80 bits per heavy atom. The molecule has 0 aromatic heterocycles. The number of hydrogen-bond acceptors (Lipinski definition) is 1. The molecule has 1 aromatic rings. The Labute approximate surface area is 65.6 Å². The van der Waals surface area contributed by atoms with Gasteiger partial charge in [0.1, 0.15) is 0 Å². The minimum absolute atomic E-state index is 0.793. The van der Waals surface area contributed by atoms with E-state index in [2.05, 4.69) is 37.3 Å². The van der Waals surface area contributed by atoms with E-state index in [0.29, 0.717) is 0 Å². The van der Waals surface area contributed by atoms with Crippen molar-refractivity contribution in [1.29, 1.82) is 0 Å². The molecule has 2 atom stereocenters. The van der Waals surface area contributed by atoms with Gasteiger partial charge < -0.3 is 0 Å². The lowest BCUT2D eigenvalue weighted by Gasteiger charge is -1.92. The maximum absolute atomic E-state index is 2.28. The third kappa shape index (κ3) is 1.06. The zero-order valence-electron chi connectivity index (χ0n) is 5.95. The lowest BCUT2D eigenvalue weighted by molar-refractivity contribution is 1.04. The van der Waals surface area contributed by atoms with Crippen molar-refractivity contribution in [2.45, 2.75) is 17.4 Å². The number of hydrogen-bond donors (Lipinski definition) is 0. The molecule has 52 valence electrons. The lowest BCUT2D eigenvalue weighted by atomic mass is 10.1. The van der Waals surface area contributed by atoms with Crippen LogP contribution in [0.2, 0.25) is 0 Å². The monoisotopic (exact) mass is 150 g/mol. The molecule has 1 fully saturated rings. The summed E-state index contributed by atoms with van der Waals surface area (Å²) in [6.07, 6.45) is 0. The van der Waals surface area contributed by atoms with Crippen LogP contribution in [0, 0.1) is 0 Å². The molecule has 1 aliphatic rings. The fourth-order valence-corrected chi connectivity index (χ4v) is 2.02. The molecule has 1 aliphatic heterocycles. The maximum Gasteiger partial charge on any atom is 0.0416 e. The van der Waals surface area contributed by atoms with Crippen molar-refractivity contribution in [2.75, 3.05) is 0 Å². The summed E-state index contributed by atoms with van der Waals surface area (Å²) in [6, 6.07) is 10.7. The van der Waals surface area contributed by atoms with Crippen LogP contribution in [0.3, 0.4) is 0 Å². The van der Waals surface area contributed by atoms with Gasteiger partial charge in [0, 0.05) is 10.5 Å². The van der Waals surface area contributed by atoms with E-state index in [1.54, 1.807) is 0 Å². The number of rotatable bonds is 1. The SMILES string of the molecule is C[C@@H]1S[C@H]1c1ccccc1. The van der Waals surface area contributed by atoms with E-state index < -0.39 is 0 Å². The molecule has 1 saturated heterocycles. The van der Waals surface area contributed by atoms with E-state index in [0.717, 1.165) is 10.5 Å². The molecule has 2 rings (SSSR count). The van der Waals surface area contributed by atoms with Crippen molar-refractivity contribution in [3.63, 3.8) is 0 Å². The summed E-state index contributed by atoms with van der Waals surface area (Å²) in [5.74, 6) is 0. The van der Waals surface area contributed by atoms with Crippen molar-refractivity contribution in [3.05, 3.63) is 35.9 Å². The molecule has 0 amide bonds. The van der Waals surface area contributed by atoms with Gasteiger partial charge in [-0.3, -0.25) is 0 Å². The molecule has 1 aromatic carbocycles. The highest BCUT2D eigenvalue weighted by Gasteiger charge is 2.34. The normalized spacial score (nSPS) is 30.1. The van der Waals surface area contributed by atoms with E-state index in [1.165, 1.54) is 5.56 Å². The van der Waals surface area contributed by atoms with Crippen LogP contribution in [0.15, 0.2) is 30.3 Å². The van der Waals surface area contributed by atoms with Crippen LogP contribution in [0.25, 0.3) is 0 Å². The predicted molar refractivity (Wildman–Crippen MR) is 46.2 cm³/mol. The van der Waals surface area contributed by atoms with Crippen molar-refractivity contribution in [1.82, 2.24) is 0 Å². The summed E-state index contributed by atoms with van der Waals surface area (Å²) < 4.78 is 0. The second kappa shape index (κ2) is 2.31. The summed E-state index contributed by atoms with van der Waals surface area (Å²) in [6.45, 7) is 2.28. The Morgan fingerprint density at radius 1 is 1.20 bits per heavy atom. The van der Waals surface area contributed by atoms with Crippen molar-refractivity contribution in [2.24, 2.45) is 0 Å². The van der Waals surface area contributed by atoms with Crippen molar-refractivity contribution < 1.29 is 0 Å². The van der Waals surface area contributed by atoms with Crippen LogP contribution in [0.4, 0.5) is 0 Å². The van der Waals surface area contributed by atoms with Gasteiger partial charge in [-0.15, -0.1) is 11.8 Å². The van der Waals surface area contributed by atoms with Gasteiger partial charge in [0.05, 0.1) is 0 Å². The molecule has 0 spiro atoms. The zero-order chi connectivity index (χ0) is 6.97. The average Bonchev–Trinajstić information content (AvgIpc) is 2.69. The van der Waals surface area contributed by atoms with Gasteiger partial charge in [-0.2, -0.15) is 0 Å². The Morgan fingerprint density at radius 3 is 2.30 bits per heavy atom. The van der Waals surface area contributed by atoms with Crippen molar-refractivity contribution >= 4 is 11.8 Å². The van der Waals surface area contributed by atoms with Crippen LogP contribution in [-0.2, 0) is 0 Å². The molecule has 0 radical (unpaired) electrons. The average molecular weight is 150 g/mol. The minimum Gasteiger partial charge on any atom is -0.148 e. The summed E-state index contributed by atoms with van der Waals surface area (Å²) in [7, 11) is 0. The lowest BCUT2D eigenvalue weighted by Crippen LogP contribution is -1.80. The molecule has 0 unspecified atom stereocenters. The Bertz CT molecular complexity index is 217. The van der Waals surface area contributed by atoms with Gasteiger partial charge in [-0.05, 0) is 5.56 Å². The minimum atomic E-state index is 0.793. The van der Waals surface area contributed by atoms with Gasteiger partial charge in [-0.1, -0.05) is 37.3 Å². The number of thioether (sulfide) groups is 1. The highest BCUT2D eigenvalue weighted by Crippen LogP contribution is 2.54. The smallest absolute Gasteiger partial charge is 0.0416 e. The van der Waals surface area contributed by atoms with E-state index >= 15 is 0 Å². The third-order valence-electron chi connectivity index (χ3n) is 1.84. The second-order valence-electron chi connectivity index (χ2n) is 2.67. The Kier molecular flexibility index (Phi) is 1.46. The Hall–Kier alpha value is -0.430. The molecule has 0 bridgehead atoms. The summed E-state index contributed by atoms with van der Waals surface area (Å²) in [5.41, 5.74) is 1.49. The fourth-order valence-electron chi connectivity index (χ4n) is 1.18. The van der Waals surface area contributed by atoms with Gasteiger partial charge in [0.2, 0.25) is 0 Å². The van der Waals surface area contributed by atoms with Gasteiger partial charge >= 0.3 is 0 Å². The standard InChI is InChI=1S/C9H10S/c1-7-9(10-7)8-5-3-2-4-6-8/h2-7,9H,1H3/t7-,9+/m0/s1. The molecular weight excluding hydrogens is 140 g/mol. The largest absolute Gasteiger partial charge is 0.148 e. The highest BCUT2D eigenvalue weighted by atomic mass is 32.2. The molecule has 1 heterocycles. The topological polar surface area (TPSA) is 0 Å². The molecule has 0 aliphatic carbocycles. The van der Waals surface area contributed by atoms with Crippen LogP contribution in [-0.4, -0.2) is 5.25 Å². The summed E-state index contributed by atoms with van der Waals surface area (Å²) >= 11 is 2.04. The van der Waals surface area contributed by atoms with E-state index in [9.17, 15) is 0 Å². The van der Waals surface area contributed by atoms with Gasteiger partial charge in [-0.25, -0.2) is 0 Å². The first-order valence-electron chi connectivity index (χ1n) is 3.58. The summed E-state index contributed by atoms with van der Waals surface area (Å²) in [4.78, 5) is 0. The van der Waals surface area contributed by atoms with Gasteiger partial charge in [0.15, 0.2) is 0 Å². The fraction of sp³-hybridized carbons (Fsp3) is 0.333. The van der Waals surface area contributed by atoms with Gasteiger partial charge in [0.25, 0.3) is 0 Å². The Balaban J connectivity index is 2.20. The first kappa shape index (κ1) is 6.29. The van der Waals surface area contributed by atoms with Crippen LogP contribution in [0.1, 0.15) is 17.7 Å². The van der Waals surface area contributed by atoms with Crippen LogP contribution in [0.5, 0.6) is 0 Å². The van der Waals surface area contributed by atoms with Crippen molar-refractivity contribution in [3.8, 4) is 0 Å². The first-order chi connectivity index (χ1) is 4.88. The van der Waals surface area contributed by atoms with Crippen LogP contribution >= 0.6 is 11.8 Å². The molecule has 0 saturated carbocycles. The van der Waals surface area contributed by atoms with E-state index in [1.807, 2.05) is 11.8 Å². The molecule has 0 N–H and O–H groups in total. The predicted octanol–water partition coefficient (Wildman–Crippen LogP) is 2.86. The van der Waals surface area contributed by atoms with Crippen LogP contribution < -0.4 is 0 Å². The third-order valence-corrected chi connectivity index (χ3v) is 3.20. The second-order valence-corrected chi connectivity index (χ2v) is 4.20. The zero-order valence-corrected chi connectivity index (χ0v) is 6.77. The first-order valence-corrected chi connectivity index (χ1v) is 4.52.